The quantitative estimate of drug-likeness (QED) is 0.166. The summed E-state index contributed by atoms with van der Waals surface area (Å²) < 4.78 is 14.1. The van der Waals surface area contributed by atoms with Crippen LogP contribution < -0.4 is 0 Å². The maximum atomic E-state index is 12.3. The number of fused-ring (bicyclic) bond motifs is 2. The fourth-order valence-electron chi connectivity index (χ4n) is 7.13. The van der Waals surface area contributed by atoms with Crippen LogP contribution in [0.5, 0.6) is 0 Å². The molecule has 64 heavy (non-hydrogen) atoms. The molecule has 6 aromatic rings. The summed E-state index contributed by atoms with van der Waals surface area (Å²) in [5, 5.41) is 30.2. The summed E-state index contributed by atoms with van der Waals surface area (Å²) in [5.41, 5.74) is 2.62. The maximum Gasteiger partial charge on any atom is 0.359 e. The number of nitrogens with zero attached hydrogens (tertiary/aromatic N) is 8. The second kappa shape index (κ2) is 20.1. The third-order valence-electron chi connectivity index (χ3n) is 10.6. The Morgan fingerprint density at radius 3 is 1.64 bits per heavy atom. The topological polar surface area (TPSA) is 195 Å². The van der Waals surface area contributed by atoms with Crippen LogP contribution in [0, 0.1) is 24.2 Å². The number of amides is 2. The summed E-state index contributed by atoms with van der Waals surface area (Å²) in [6.45, 7) is 4.97. The first-order valence-electron chi connectivity index (χ1n) is 19.9. The van der Waals surface area contributed by atoms with E-state index in [1.54, 1.807) is 60.1 Å². The van der Waals surface area contributed by atoms with E-state index in [9.17, 15) is 29.4 Å². The molecule has 6 heterocycles. The summed E-state index contributed by atoms with van der Waals surface area (Å²) >= 11 is 3.46. The van der Waals surface area contributed by atoms with Gasteiger partial charge in [0.15, 0.2) is 11.4 Å². The van der Waals surface area contributed by atoms with Crippen molar-refractivity contribution in [3.05, 3.63) is 106 Å². The molecule has 17 heteroatoms. The van der Waals surface area contributed by atoms with E-state index in [4.69, 9.17) is 15.9 Å². The molecule has 8 rings (SSSR count). The molecule has 2 fully saturated rings. The van der Waals surface area contributed by atoms with E-state index < -0.39 is 29.0 Å². The van der Waals surface area contributed by atoms with Crippen molar-refractivity contribution in [2.24, 2.45) is 0 Å². The number of likely N-dealkylation sites (tertiary alicyclic amines) is 2. The van der Waals surface area contributed by atoms with E-state index in [2.05, 4.69) is 53.9 Å². The van der Waals surface area contributed by atoms with Gasteiger partial charge in [-0.15, -0.1) is 6.42 Å². The first kappa shape index (κ1) is 48.1. The lowest BCUT2D eigenvalue weighted by Crippen LogP contribution is -2.37. The normalized spacial score (nSPS) is 17.6. The number of aromatic nitrogens is 6. The van der Waals surface area contributed by atoms with Gasteiger partial charge in [0.1, 0.15) is 0 Å². The number of carbonyl (C=O) groups is 4. The molecule has 0 aliphatic carbocycles. The Morgan fingerprint density at radius 1 is 0.766 bits per heavy atom. The molecular weight excluding hydrogens is 884 g/mol. The number of ether oxygens (including phenoxy) is 2. The SMILES string of the molecule is C.C#C[C@]1(O)CCN(C)C1=O.CCc1nccc2c1c(C(=O)OC)nn2-c1cccc(Br)c1.CCc1nccc2c1c(C(=O)OC)nn2-c1cccc(C#C[C@]2(O)CCN(C)C2=O)c1. The lowest BCUT2D eigenvalue weighted by molar-refractivity contribution is -0.138. The largest absolute Gasteiger partial charge is 0.464 e. The Morgan fingerprint density at radius 2 is 1.23 bits per heavy atom. The van der Waals surface area contributed by atoms with Crippen molar-refractivity contribution in [2.45, 2.75) is 58.2 Å². The summed E-state index contributed by atoms with van der Waals surface area (Å²) in [5.74, 6) is 5.96. The third kappa shape index (κ3) is 9.52. The molecule has 16 nitrogen and oxygen atoms in total. The van der Waals surface area contributed by atoms with E-state index in [1.807, 2.05) is 50.2 Å². The van der Waals surface area contributed by atoms with Gasteiger partial charge in [0, 0.05) is 62.5 Å². The molecule has 2 N–H and O–H groups in total. The summed E-state index contributed by atoms with van der Waals surface area (Å²) in [6, 6.07) is 18.6. The van der Waals surface area contributed by atoms with Gasteiger partial charge in [-0.05, 0) is 61.4 Å². The summed E-state index contributed by atoms with van der Waals surface area (Å²) in [7, 11) is 5.94. The first-order chi connectivity index (χ1) is 30.1. The van der Waals surface area contributed by atoms with Crippen molar-refractivity contribution >= 4 is 61.5 Å². The van der Waals surface area contributed by atoms with Crippen LogP contribution >= 0.6 is 15.9 Å². The highest BCUT2D eigenvalue weighted by atomic mass is 79.9. The van der Waals surface area contributed by atoms with Crippen molar-refractivity contribution in [3.8, 4) is 35.6 Å². The molecule has 2 amide bonds. The van der Waals surface area contributed by atoms with Crippen LogP contribution in [0.2, 0.25) is 0 Å². The van der Waals surface area contributed by atoms with Crippen LogP contribution in [0.1, 0.15) is 72.0 Å². The van der Waals surface area contributed by atoms with Crippen molar-refractivity contribution < 1.29 is 38.9 Å². The number of rotatable bonds is 6. The van der Waals surface area contributed by atoms with Gasteiger partial charge >= 0.3 is 11.9 Å². The van der Waals surface area contributed by atoms with E-state index in [-0.39, 0.29) is 25.4 Å². The van der Waals surface area contributed by atoms with Gasteiger partial charge in [0.05, 0.1) is 58.8 Å². The van der Waals surface area contributed by atoms with Crippen LogP contribution in [-0.2, 0) is 31.9 Å². The molecule has 0 unspecified atom stereocenters. The summed E-state index contributed by atoms with van der Waals surface area (Å²) in [4.78, 5) is 59.2. The number of esters is 2. The highest BCUT2D eigenvalue weighted by Gasteiger charge is 2.43. The van der Waals surface area contributed by atoms with Gasteiger partial charge in [-0.2, -0.15) is 10.2 Å². The van der Waals surface area contributed by atoms with E-state index in [1.165, 1.54) is 24.0 Å². The minimum Gasteiger partial charge on any atom is -0.464 e. The van der Waals surface area contributed by atoms with Gasteiger partial charge in [-0.1, -0.05) is 67.1 Å². The Bertz CT molecular complexity index is 2860. The minimum atomic E-state index is -1.66. The zero-order valence-electron chi connectivity index (χ0n) is 35.5. The van der Waals surface area contributed by atoms with Crippen LogP contribution in [0.25, 0.3) is 33.2 Å². The predicted molar refractivity (Wildman–Crippen MR) is 244 cm³/mol. The average Bonchev–Trinajstić information content (AvgIpc) is 4.04. The first-order valence-corrected chi connectivity index (χ1v) is 20.7. The zero-order chi connectivity index (χ0) is 45.6. The van der Waals surface area contributed by atoms with Gasteiger partial charge in [-0.25, -0.2) is 19.0 Å². The van der Waals surface area contributed by atoms with Gasteiger partial charge in [-0.3, -0.25) is 19.6 Å². The number of carbonyl (C=O) groups excluding carboxylic acids is 4. The maximum absolute atomic E-state index is 12.3. The Kier molecular flexibility index (Phi) is 15.1. The number of likely N-dealkylation sites (N-methyl/N-ethyl adjacent to an activating group) is 2. The fourth-order valence-corrected chi connectivity index (χ4v) is 7.52. The average molecular weight is 934 g/mol. The standard InChI is InChI=1S/C23H22N4O4.C16H14BrN3O2.C7H9NO2.CH4/c1-4-17-19-18(9-12-24-17)27(25-20(19)21(28)31-3)16-7-5-6-15(14-16)8-10-23(30)11-13-26(2)22(23)29;1-3-12-14-13(7-8-18-12)20(19-15(14)16(21)22-2)11-6-4-5-10(17)9-11;1-3-7(10)4-5-8(2)6(7)9;/h5-7,9,12,14,30H,4,11,13H2,1-3H3;4-9H,3H2,1-2H3;1,10H,4-5H2,2H3;1H4/t23-;;7-;/m0.0./s1. The zero-order valence-corrected chi connectivity index (χ0v) is 37.1. The predicted octanol–water partition coefficient (Wildman–Crippen LogP) is 5.10. The van der Waals surface area contributed by atoms with Crippen LogP contribution in [0.3, 0.4) is 0 Å². The van der Waals surface area contributed by atoms with Crippen LogP contribution in [-0.4, -0.2) is 126 Å². The molecule has 2 aromatic carbocycles. The van der Waals surface area contributed by atoms with Crippen LogP contribution in [0.4, 0.5) is 0 Å². The molecule has 0 bridgehead atoms. The van der Waals surface area contributed by atoms with Crippen molar-refractivity contribution in [3.63, 3.8) is 0 Å². The number of aliphatic hydroxyl groups is 2. The number of aryl methyl sites for hydroxylation is 2. The molecular formula is C47H49BrN8O8. The molecule has 0 saturated carbocycles. The Balaban J connectivity index is 0.000000203. The van der Waals surface area contributed by atoms with Crippen LogP contribution in [0.15, 0.2) is 77.5 Å². The van der Waals surface area contributed by atoms with Crippen molar-refractivity contribution in [1.29, 1.82) is 0 Å². The number of benzene rings is 2. The second-order valence-corrected chi connectivity index (χ2v) is 15.5. The molecule has 4 aromatic heterocycles. The number of hydrogen-bond donors (Lipinski definition) is 2. The lowest BCUT2D eigenvalue weighted by Gasteiger charge is -2.13. The van der Waals surface area contributed by atoms with Crippen molar-refractivity contribution in [1.82, 2.24) is 39.3 Å². The summed E-state index contributed by atoms with van der Waals surface area (Å²) in [6.07, 6.45) is 10.4. The van der Waals surface area contributed by atoms with Crippen molar-refractivity contribution in [2.75, 3.05) is 41.4 Å². The van der Waals surface area contributed by atoms with Gasteiger partial charge < -0.3 is 29.5 Å². The molecule has 0 spiro atoms. The molecule has 2 aliphatic rings. The Hall–Kier alpha value is -6.92. The smallest absolute Gasteiger partial charge is 0.359 e. The molecule has 2 aliphatic heterocycles. The second-order valence-electron chi connectivity index (χ2n) is 14.6. The van der Waals surface area contributed by atoms with E-state index >= 15 is 0 Å². The van der Waals surface area contributed by atoms with E-state index in [0.29, 0.717) is 54.7 Å². The molecule has 0 radical (unpaired) electrons. The number of terminal acetylenes is 1. The lowest BCUT2D eigenvalue weighted by atomic mass is 10.0. The van der Waals surface area contributed by atoms with E-state index in [0.717, 1.165) is 38.0 Å². The number of pyridine rings is 2. The third-order valence-corrected chi connectivity index (χ3v) is 11.1. The molecule has 2 atom stereocenters. The molecule has 332 valence electrons. The Labute approximate surface area is 379 Å². The number of methoxy groups -OCH3 is 2. The number of halogens is 1. The minimum absolute atomic E-state index is 0. The highest BCUT2D eigenvalue weighted by Crippen LogP contribution is 2.28. The van der Waals surface area contributed by atoms with Gasteiger partial charge in [0.25, 0.3) is 11.8 Å². The highest BCUT2D eigenvalue weighted by molar-refractivity contribution is 9.10. The van der Waals surface area contributed by atoms with Gasteiger partial charge in [0.2, 0.25) is 11.2 Å². The fraction of sp³-hybridized carbons (Fsp3) is 0.319. The number of hydrogen-bond acceptors (Lipinski definition) is 12. The molecule has 2 saturated heterocycles. The monoisotopic (exact) mass is 932 g/mol.